The van der Waals surface area contributed by atoms with E-state index in [2.05, 4.69) is 6.92 Å². The standard InChI is InChI=1S/C16H28O4/c1-11-3-5-15(19-7-11)16-6-4-13(8-20-16)14-9-17-12(2)18-10-14/h11-16H,3-10H2,1-2H3. The van der Waals surface area contributed by atoms with Crippen LogP contribution in [0.5, 0.6) is 0 Å². The van der Waals surface area contributed by atoms with Gasteiger partial charge in [0.15, 0.2) is 6.29 Å². The average Bonchev–Trinajstić information content (AvgIpc) is 2.49. The third-order valence-corrected chi connectivity index (χ3v) is 5.06. The maximum atomic E-state index is 6.11. The Kier molecular flexibility index (Phi) is 4.97. The predicted octanol–water partition coefficient (Wildman–Crippen LogP) is 2.61. The molecule has 3 aliphatic heterocycles. The molecule has 3 heterocycles. The first-order valence-electron chi connectivity index (χ1n) is 8.18. The molecule has 0 aromatic carbocycles. The molecule has 0 aliphatic carbocycles. The highest BCUT2D eigenvalue weighted by Crippen LogP contribution is 2.32. The Hall–Kier alpha value is -0.160. The first-order chi connectivity index (χ1) is 9.72. The normalized spacial score (nSPS) is 47.1. The molecule has 4 nitrogen and oxygen atoms in total. The Morgan fingerprint density at radius 2 is 1.20 bits per heavy atom. The third-order valence-electron chi connectivity index (χ3n) is 5.06. The van der Waals surface area contributed by atoms with Crippen LogP contribution in [0.3, 0.4) is 0 Å². The van der Waals surface area contributed by atoms with Crippen LogP contribution in [-0.2, 0) is 18.9 Å². The van der Waals surface area contributed by atoms with Crippen LogP contribution in [-0.4, -0.2) is 44.9 Å². The molecule has 116 valence electrons. The first-order valence-corrected chi connectivity index (χ1v) is 8.18. The lowest BCUT2D eigenvalue weighted by molar-refractivity contribution is -0.210. The van der Waals surface area contributed by atoms with Crippen molar-refractivity contribution in [1.29, 1.82) is 0 Å². The molecule has 0 N–H and O–H groups in total. The minimum atomic E-state index is -0.0406. The molecule has 3 aliphatic rings. The topological polar surface area (TPSA) is 36.9 Å². The van der Waals surface area contributed by atoms with Crippen LogP contribution in [0.15, 0.2) is 0 Å². The van der Waals surface area contributed by atoms with Crippen molar-refractivity contribution < 1.29 is 18.9 Å². The largest absolute Gasteiger partial charge is 0.375 e. The molecule has 4 heteroatoms. The first kappa shape index (κ1) is 14.8. The molecule has 0 saturated carbocycles. The van der Waals surface area contributed by atoms with E-state index in [0.717, 1.165) is 39.3 Å². The highest BCUT2D eigenvalue weighted by molar-refractivity contribution is 4.83. The number of rotatable bonds is 2. The monoisotopic (exact) mass is 284 g/mol. The summed E-state index contributed by atoms with van der Waals surface area (Å²) < 4.78 is 23.3. The van der Waals surface area contributed by atoms with Crippen molar-refractivity contribution in [2.24, 2.45) is 17.8 Å². The van der Waals surface area contributed by atoms with E-state index in [0.29, 0.717) is 30.0 Å². The number of ether oxygens (including phenoxy) is 4. The molecule has 0 amide bonds. The molecule has 0 aromatic rings. The zero-order valence-corrected chi connectivity index (χ0v) is 12.8. The van der Waals surface area contributed by atoms with Crippen molar-refractivity contribution >= 4 is 0 Å². The van der Waals surface area contributed by atoms with Gasteiger partial charge in [-0.15, -0.1) is 0 Å². The molecule has 0 aromatic heterocycles. The fraction of sp³-hybridized carbons (Fsp3) is 1.00. The molecular formula is C16H28O4. The van der Waals surface area contributed by atoms with Crippen molar-refractivity contribution in [2.45, 2.75) is 58.0 Å². The van der Waals surface area contributed by atoms with Crippen molar-refractivity contribution in [3.63, 3.8) is 0 Å². The van der Waals surface area contributed by atoms with Gasteiger partial charge in [0.2, 0.25) is 0 Å². The Balaban J connectivity index is 1.42. The summed E-state index contributed by atoms with van der Waals surface area (Å²) in [6.45, 7) is 7.60. The second kappa shape index (κ2) is 6.73. The van der Waals surface area contributed by atoms with Gasteiger partial charge in [0.25, 0.3) is 0 Å². The Morgan fingerprint density at radius 3 is 1.75 bits per heavy atom. The lowest BCUT2D eigenvalue weighted by Crippen LogP contribution is -2.44. The van der Waals surface area contributed by atoms with E-state index >= 15 is 0 Å². The van der Waals surface area contributed by atoms with E-state index in [1.165, 1.54) is 12.8 Å². The molecule has 3 fully saturated rings. The molecule has 20 heavy (non-hydrogen) atoms. The lowest BCUT2D eigenvalue weighted by atomic mass is 9.84. The second-order valence-corrected chi connectivity index (χ2v) is 6.76. The highest BCUT2D eigenvalue weighted by Gasteiger charge is 2.35. The second-order valence-electron chi connectivity index (χ2n) is 6.76. The fourth-order valence-electron chi connectivity index (χ4n) is 3.54. The van der Waals surface area contributed by atoms with Gasteiger partial charge in [0.05, 0.1) is 32.0 Å². The molecule has 0 spiro atoms. The van der Waals surface area contributed by atoms with E-state index in [-0.39, 0.29) is 6.29 Å². The molecule has 0 bridgehead atoms. The molecule has 4 atom stereocenters. The third kappa shape index (κ3) is 3.53. The summed E-state index contributed by atoms with van der Waals surface area (Å²) in [7, 11) is 0. The SMILES string of the molecule is CC1CCC(C2CCC(C3COC(C)OC3)CO2)OC1. The summed E-state index contributed by atoms with van der Waals surface area (Å²) in [6.07, 6.45) is 5.36. The van der Waals surface area contributed by atoms with Gasteiger partial charge in [0.1, 0.15) is 0 Å². The predicted molar refractivity (Wildman–Crippen MR) is 75.5 cm³/mol. The summed E-state index contributed by atoms with van der Waals surface area (Å²) in [5, 5.41) is 0. The highest BCUT2D eigenvalue weighted by atomic mass is 16.7. The molecule has 0 radical (unpaired) electrons. The van der Waals surface area contributed by atoms with Gasteiger partial charge in [0, 0.05) is 12.5 Å². The molecule has 3 rings (SSSR count). The molecule has 4 unspecified atom stereocenters. The van der Waals surface area contributed by atoms with Gasteiger partial charge in [-0.2, -0.15) is 0 Å². The molecule has 3 saturated heterocycles. The summed E-state index contributed by atoms with van der Waals surface area (Å²) in [5.74, 6) is 1.79. The average molecular weight is 284 g/mol. The number of hydrogen-bond acceptors (Lipinski definition) is 4. The lowest BCUT2D eigenvalue weighted by Gasteiger charge is -2.40. The van der Waals surface area contributed by atoms with Crippen LogP contribution >= 0.6 is 0 Å². The smallest absolute Gasteiger partial charge is 0.154 e. The zero-order valence-electron chi connectivity index (χ0n) is 12.8. The Morgan fingerprint density at radius 1 is 0.600 bits per heavy atom. The Bertz CT molecular complexity index is 255. The van der Waals surface area contributed by atoms with Gasteiger partial charge < -0.3 is 18.9 Å². The maximum Gasteiger partial charge on any atom is 0.154 e. The van der Waals surface area contributed by atoms with Gasteiger partial charge in [-0.1, -0.05) is 6.92 Å². The van der Waals surface area contributed by atoms with Crippen LogP contribution < -0.4 is 0 Å². The quantitative estimate of drug-likeness (QED) is 0.781. The van der Waals surface area contributed by atoms with E-state index in [1.54, 1.807) is 0 Å². The van der Waals surface area contributed by atoms with E-state index in [9.17, 15) is 0 Å². The Labute approximate surface area is 122 Å². The van der Waals surface area contributed by atoms with Gasteiger partial charge >= 0.3 is 0 Å². The van der Waals surface area contributed by atoms with Gasteiger partial charge in [-0.25, -0.2) is 0 Å². The van der Waals surface area contributed by atoms with Crippen LogP contribution in [0.2, 0.25) is 0 Å². The van der Waals surface area contributed by atoms with Crippen molar-refractivity contribution in [3.8, 4) is 0 Å². The minimum Gasteiger partial charge on any atom is -0.375 e. The van der Waals surface area contributed by atoms with Crippen molar-refractivity contribution in [3.05, 3.63) is 0 Å². The summed E-state index contributed by atoms with van der Waals surface area (Å²) in [6, 6.07) is 0. The van der Waals surface area contributed by atoms with E-state index < -0.39 is 0 Å². The summed E-state index contributed by atoms with van der Waals surface area (Å²) in [4.78, 5) is 0. The van der Waals surface area contributed by atoms with Crippen LogP contribution in [0.25, 0.3) is 0 Å². The summed E-state index contributed by atoms with van der Waals surface area (Å²) >= 11 is 0. The van der Waals surface area contributed by atoms with E-state index in [4.69, 9.17) is 18.9 Å². The van der Waals surface area contributed by atoms with Crippen molar-refractivity contribution in [2.75, 3.05) is 26.4 Å². The maximum absolute atomic E-state index is 6.11. The zero-order chi connectivity index (χ0) is 13.9. The minimum absolute atomic E-state index is 0.0406. The summed E-state index contributed by atoms with van der Waals surface area (Å²) in [5.41, 5.74) is 0. The van der Waals surface area contributed by atoms with E-state index in [1.807, 2.05) is 6.92 Å². The van der Waals surface area contributed by atoms with Crippen molar-refractivity contribution in [1.82, 2.24) is 0 Å². The number of hydrogen-bond donors (Lipinski definition) is 0. The van der Waals surface area contributed by atoms with Crippen LogP contribution in [0.4, 0.5) is 0 Å². The molecular weight excluding hydrogens is 256 g/mol. The van der Waals surface area contributed by atoms with Crippen LogP contribution in [0.1, 0.15) is 39.5 Å². The fourth-order valence-corrected chi connectivity index (χ4v) is 3.54. The van der Waals surface area contributed by atoms with Crippen LogP contribution in [0, 0.1) is 17.8 Å². The van der Waals surface area contributed by atoms with Gasteiger partial charge in [-0.05, 0) is 44.4 Å². The van der Waals surface area contributed by atoms with Gasteiger partial charge in [-0.3, -0.25) is 0 Å².